The second-order valence-electron chi connectivity index (χ2n) is 6.40. The van der Waals surface area contributed by atoms with Gasteiger partial charge in [0.1, 0.15) is 0 Å². The van der Waals surface area contributed by atoms with E-state index in [1.165, 1.54) is 0 Å². The molecule has 0 aromatic heterocycles. The van der Waals surface area contributed by atoms with Crippen molar-refractivity contribution in [2.45, 2.75) is 24.7 Å². The Morgan fingerprint density at radius 3 is 1.25 bits per heavy atom. The summed E-state index contributed by atoms with van der Waals surface area (Å²) in [5.74, 6) is -1.06. The molecule has 4 rings (SSSR count). The summed E-state index contributed by atoms with van der Waals surface area (Å²) in [4.78, 5) is 21.1. The first-order valence-electron chi connectivity index (χ1n) is 8.13. The van der Waals surface area contributed by atoms with Crippen molar-refractivity contribution in [1.29, 1.82) is 0 Å². The van der Waals surface area contributed by atoms with E-state index in [0.29, 0.717) is 0 Å². The van der Waals surface area contributed by atoms with Crippen LogP contribution in [0, 0.1) is 11.8 Å². The molecule has 2 aromatic rings. The Hall–Kier alpha value is -2.62. The monoisotopic (exact) mass is 324 g/mol. The van der Waals surface area contributed by atoms with E-state index in [2.05, 4.69) is 0 Å². The van der Waals surface area contributed by atoms with Gasteiger partial charge in [0.05, 0.1) is 11.8 Å². The number of aliphatic carboxylic acids is 2. The number of benzene rings is 2. The van der Waals surface area contributed by atoms with Gasteiger partial charge in [0.15, 0.2) is 0 Å². The predicted molar refractivity (Wildman–Crippen MR) is 89.9 cm³/mol. The minimum absolute atomic E-state index is 0.132. The molecule has 2 aliphatic carbocycles. The van der Waals surface area contributed by atoms with E-state index in [9.17, 15) is 9.59 Å². The quantitative estimate of drug-likeness (QED) is 0.898. The maximum atomic E-state index is 10.5. The molecule has 4 atom stereocenters. The maximum absolute atomic E-state index is 10.5. The molecule has 24 heavy (non-hydrogen) atoms. The lowest BCUT2D eigenvalue weighted by Crippen LogP contribution is -1.98. The summed E-state index contributed by atoms with van der Waals surface area (Å²) in [5, 5.41) is 17.4. The highest BCUT2D eigenvalue weighted by Crippen LogP contribution is 2.47. The zero-order chi connectivity index (χ0) is 17.1. The molecule has 2 aliphatic rings. The van der Waals surface area contributed by atoms with Gasteiger partial charge in [-0.1, -0.05) is 60.7 Å². The number of carboxylic acids is 2. The minimum atomic E-state index is -0.663. The minimum Gasteiger partial charge on any atom is -0.481 e. The van der Waals surface area contributed by atoms with Crippen molar-refractivity contribution in [2.75, 3.05) is 0 Å². The Kier molecular flexibility index (Phi) is 4.65. The fourth-order valence-corrected chi connectivity index (χ4v) is 3.07. The second kappa shape index (κ2) is 6.87. The van der Waals surface area contributed by atoms with E-state index in [1.54, 1.807) is 0 Å². The summed E-state index contributed by atoms with van der Waals surface area (Å²) < 4.78 is 0. The third kappa shape index (κ3) is 3.82. The summed E-state index contributed by atoms with van der Waals surface area (Å²) >= 11 is 0. The zero-order valence-electron chi connectivity index (χ0n) is 13.2. The van der Waals surface area contributed by atoms with Gasteiger partial charge in [-0.15, -0.1) is 0 Å². The third-order valence-electron chi connectivity index (χ3n) is 4.67. The molecule has 124 valence electrons. The standard InChI is InChI=1S/2C10H10O2/c2*11-10(12)9-6-8(9)7-4-2-1-3-5-7/h2*1-5,8-9H,6H2,(H,11,12)/t2*8-,9+/m10/s1. The van der Waals surface area contributed by atoms with Crippen molar-refractivity contribution in [1.82, 2.24) is 0 Å². The molecule has 2 fully saturated rings. The normalized spacial score (nSPS) is 26.7. The van der Waals surface area contributed by atoms with Gasteiger partial charge >= 0.3 is 11.9 Å². The van der Waals surface area contributed by atoms with Crippen LogP contribution in [0.25, 0.3) is 0 Å². The summed E-state index contributed by atoms with van der Waals surface area (Å²) in [6, 6.07) is 19.7. The van der Waals surface area contributed by atoms with E-state index < -0.39 is 11.9 Å². The molecule has 2 N–H and O–H groups in total. The average molecular weight is 324 g/mol. The predicted octanol–water partition coefficient (Wildman–Crippen LogP) is 3.75. The maximum Gasteiger partial charge on any atom is 0.307 e. The molecule has 0 heterocycles. The number of carbonyl (C=O) groups is 2. The molecule has 2 saturated carbocycles. The summed E-state index contributed by atoms with van der Waals surface area (Å²) in [6.45, 7) is 0. The lowest BCUT2D eigenvalue weighted by molar-refractivity contribution is -0.139. The van der Waals surface area contributed by atoms with Crippen molar-refractivity contribution >= 4 is 11.9 Å². The first-order valence-corrected chi connectivity index (χ1v) is 8.13. The van der Waals surface area contributed by atoms with Crippen LogP contribution in [0.5, 0.6) is 0 Å². The molecule has 0 radical (unpaired) electrons. The Morgan fingerprint density at radius 2 is 1.00 bits per heavy atom. The van der Waals surface area contributed by atoms with Gasteiger partial charge < -0.3 is 10.2 Å². The van der Waals surface area contributed by atoms with Gasteiger partial charge in [0.25, 0.3) is 0 Å². The topological polar surface area (TPSA) is 74.6 Å². The smallest absolute Gasteiger partial charge is 0.307 e. The van der Waals surface area contributed by atoms with Crippen molar-refractivity contribution in [2.24, 2.45) is 11.8 Å². The largest absolute Gasteiger partial charge is 0.481 e. The van der Waals surface area contributed by atoms with Crippen LogP contribution < -0.4 is 0 Å². The lowest BCUT2D eigenvalue weighted by atomic mass is 10.1. The van der Waals surface area contributed by atoms with Crippen molar-refractivity contribution in [3.63, 3.8) is 0 Å². The van der Waals surface area contributed by atoms with E-state index in [4.69, 9.17) is 10.2 Å². The van der Waals surface area contributed by atoms with E-state index in [-0.39, 0.29) is 23.7 Å². The van der Waals surface area contributed by atoms with Gasteiger partial charge in [0.2, 0.25) is 0 Å². The Labute approximate surface area is 140 Å². The van der Waals surface area contributed by atoms with Crippen LogP contribution in [-0.4, -0.2) is 22.2 Å². The van der Waals surface area contributed by atoms with Gasteiger partial charge in [0, 0.05) is 0 Å². The fourth-order valence-electron chi connectivity index (χ4n) is 3.07. The van der Waals surface area contributed by atoms with Crippen LogP contribution >= 0.6 is 0 Å². The lowest BCUT2D eigenvalue weighted by Gasteiger charge is -1.95. The second-order valence-corrected chi connectivity index (χ2v) is 6.40. The molecule has 0 aliphatic heterocycles. The van der Waals surface area contributed by atoms with Crippen LogP contribution in [-0.2, 0) is 9.59 Å². The number of carboxylic acid groups (broad SMARTS) is 2. The van der Waals surface area contributed by atoms with E-state index in [1.807, 2.05) is 60.7 Å². The highest BCUT2D eigenvalue weighted by Gasteiger charge is 2.44. The van der Waals surface area contributed by atoms with Crippen LogP contribution in [0.4, 0.5) is 0 Å². The van der Waals surface area contributed by atoms with Gasteiger partial charge in [-0.3, -0.25) is 9.59 Å². The molecule has 0 spiro atoms. The van der Waals surface area contributed by atoms with E-state index in [0.717, 1.165) is 24.0 Å². The molecule has 0 unspecified atom stereocenters. The molecule has 0 saturated heterocycles. The van der Waals surface area contributed by atoms with Crippen LogP contribution in [0.15, 0.2) is 60.7 Å². The number of hydrogen-bond donors (Lipinski definition) is 2. The highest BCUT2D eigenvalue weighted by atomic mass is 16.4. The SMILES string of the molecule is O=C(O)[C@@H]1C[C@H]1c1ccccc1.O=C(O)[C@H]1C[C@@H]1c1ccccc1. The molecule has 4 nitrogen and oxygen atoms in total. The van der Waals surface area contributed by atoms with Crippen LogP contribution in [0.1, 0.15) is 35.8 Å². The van der Waals surface area contributed by atoms with Gasteiger partial charge in [-0.25, -0.2) is 0 Å². The van der Waals surface area contributed by atoms with Gasteiger partial charge in [-0.05, 0) is 35.8 Å². The zero-order valence-corrected chi connectivity index (χ0v) is 13.2. The molecule has 0 amide bonds. The van der Waals surface area contributed by atoms with Crippen molar-refractivity contribution < 1.29 is 19.8 Å². The summed E-state index contributed by atoms with van der Waals surface area (Å²) in [7, 11) is 0. The third-order valence-corrected chi connectivity index (χ3v) is 4.67. The summed E-state index contributed by atoms with van der Waals surface area (Å²) in [6.07, 6.45) is 1.61. The Bertz CT molecular complexity index is 647. The van der Waals surface area contributed by atoms with Crippen LogP contribution in [0.3, 0.4) is 0 Å². The van der Waals surface area contributed by atoms with Crippen molar-refractivity contribution in [3.05, 3.63) is 71.8 Å². The van der Waals surface area contributed by atoms with Gasteiger partial charge in [-0.2, -0.15) is 0 Å². The number of hydrogen-bond acceptors (Lipinski definition) is 2. The molecule has 0 bridgehead atoms. The Balaban J connectivity index is 0.000000141. The van der Waals surface area contributed by atoms with E-state index >= 15 is 0 Å². The average Bonchev–Trinajstić information content (AvgIpc) is 3.49. The Morgan fingerprint density at radius 1 is 0.667 bits per heavy atom. The first-order chi connectivity index (χ1) is 11.6. The summed E-state index contributed by atoms with van der Waals surface area (Å²) in [5.41, 5.74) is 2.31. The first kappa shape index (κ1) is 16.2. The molecule has 2 aromatic carbocycles. The van der Waals surface area contributed by atoms with Crippen LogP contribution in [0.2, 0.25) is 0 Å². The molecular formula is C20H20O4. The van der Waals surface area contributed by atoms with Crippen molar-refractivity contribution in [3.8, 4) is 0 Å². The number of rotatable bonds is 4. The fraction of sp³-hybridized carbons (Fsp3) is 0.300. The molecular weight excluding hydrogens is 304 g/mol. The highest BCUT2D eigenvalue weighted by molar-refractivity contribution is 5.75. The molecule has 4 heteroatoms.